The largest absolute Gasteiger partial charge is 0.356 e. The summed E-state index contributed by atoms with van der Waals surface area (Å²) >= 11 is 0. The van der Waals surface area contributed by atoms with Crippen LogP contribution in [0.5, 0.6) is 0 Å². The SMILES string of the molecule is CCCC(NCc1cccnc1N1CCCC1)c1ccccc1. The molecular weight excluding hydrogens is 282 g/mol. The molecule has 2 heterocycles. The summed E-state index contributed by atoms with van der Waals surface area (Å²) in [5.74, 6) is 1.17. The Hall–Kier alpha value is -1.87. The van der Waals surface area contributed by atoms with Crippen molar-refractivity contribution >= 4 is 5.82 Å². The van der Waals surface area contributed by atoms with Gasteiger partial charge in [0.15, 0.2) is 0 Å². The van der Waals surface area contributed by atoms with Crippen LogP contribution in [0, 0.1) is 0 Å². The molecule has 1 fully saturated rings. The standard InChI is InChI=1S/C20H27N3/c1-2-9-19(17-10-4-3-5-11-17)22-16-18-12-8-13-21-20(18)23-14-6-7-15-23/h3-5,8,10-13,19,22H,2,6-7,9,14-16H2,1H3. The van der Waals surface area contributed by atoms with Gasteiger partial charge in [0.2, 0.25) is 0 Å². The molecule has 2 aromatic rings. The first-order valence-electron chi connectivity index (χ1n) is 8.85. The van der Waals surface area contributed by atoms with E-state index in [9.17, 15) is 0 Å². The van der Waals surface area contributed by atoms with E-state index in [4.69, 9.17) is 0 Å². The smallest absolute Gasteiger partial charge is 0.133 e. The van der Waals surface area contributed by atoms with Crippen molar-refractivity contribution in [3.63, 3.8) is 0 Å². The van der Waals surface area contributed by atoms with Crippen molar-refractivity contribution in [2.45, 2.75) is 45.2 Å². The zero-order valence-corrected chi connectivity index (χ0v) is 14.0. The average molecular weight is 309 g/mol. The summed E-state index contributed by atoms with van der Waals surface area (Å²) in [6.45, 7) is 5.40. The zero-order chi connectivity index (χ0) is 15.9. The number of hydrogen-bond donors (Lipinski definition) is 1. The van der Waals surface area contributed by atoms with Crippen molar-refractivity contribution in [3.8, 4) is 0 Å². The van der Waals surface area contributed by atoms with Crippen LogP contribution in [0.25, 0.3) is 0 Å². The van der Waals surface area contributed by atoms with E-state index in [0.29, 0.717) is 6.04 Å². The minimum absolute atomic E-state index is 0.410. The molecular formula is C20H27N3. The lowest BCUT2D eigenvalue weighted by Gasteiger charge is -2.23. The van der Waals surface area contributed by atoms with Crippen LogP contribution in [0.3, 0.4) is 0 Å². The van der Waals surface area contributed by atoms with E-state index in [-0.39, 0.29) is 0 Å². The fraction of sp³-hybridized carbons (Fsp3) is 0.450. The van der Waals surface area contributed by atoms with E-state index in [1.54, 1.807) is 0 Å². The molecule has 1 atom stereocenters. The highest BCUT2D eigenvalue weighted by Gasteiger charge is 2.17. The molecule has 0 aliphatic carbocycles. The third kappa shape index (κ3) is 4.11. The van der Waals surface area contributed by atoms with Gasteiger partial charge < -0.3 is 10.2 Å². The maximum Gasteiger partial charge on any atom is 0.133 e. The van der Waals surface area contributed by atoms with Gasteiger partial charge in [0.25, 0.3) is 0 Å². The summed E-state index contributed by atoms with van der Waals surface area (Å²) in [5.41, 5.74) is 2.69. The van der Waals surface area contributed by atoms with Crippen molar-refractivity contribution in [1.82, 2.24) is 10.3 Å². The highest BCUT2D eigenvalue weighted by atomic mass is 15.2. The summed E-state index contributed by atoms with van der Waals surface area (Å²) < 4.78 is 0. The molecule has 1 aromatic heterocycles. The van der Waals surface area contributed by atoms with Crippen LogP contribution in [-0.2, 0) is 6.54 Å². The lowest BCUT2D eigenvalue weighted by Crippen LogP contribution is -2.25. The van der Waals surface area contributed by atoms with Gasteiger partial charge >= 0.3 is 0 Å². The predicted octanol–water partition coefficient (Wildman–Crippen LogP) is 4.31. The average Bonchev–Trinajstić information content (AvgIpc) is 3.14. The van der Waals surface area contributed by atoms with Crippen molar-refractivity contribution in [2.75, 3.05) is 18.0 Å². The number of nitrogens with one attached hydrogen (secondary N) is 1. The monoisotopic (exact) mass is 309 g/mol. The van der Waals surface area contributed by atoms with Gasteiger partial charge in [-0.1, -0.05) is 49.7 Å². The van der Waals surface area contributed by atoms with Gasteiger partial charge in [-0.3, -0.25) is 0 Å². The Labute approximate surface area is 139 Å². The molecule has 1 saturated heterocycles. The lowest BCUT2D eigenvalue weighted by atomic mass is 10.0. The van der Waals surface area contributed by atoms with Gasteiger partial charge in [0.1, 0.15) is 5.82 Å². The first-order valence-corrected chi connectivity index (χ1v) is 8.85. The zero-order valence-electron chi connectivity index (χ0n) is 14.0. The van der Waals surface area contributed by atoms with Gasteiger partial charge in [-0.2, -0.15) is 0 Å². The number of aromatic nitrogens is 1. The van der Waals surface area contributed by atoms with Gasteiger partial charge in [0, 0.05) is 37.4 Å². The molecule has 122 valence electrons. The summed E-state index contributed by atoms with van der Waals surface area (Å²) in [6.07, 6.45) is 6.82. The first-order chi connectivity index (χ1) is 11.4. The number of anilines is 1. The maximum atomic E-state index is 4.64. The normalized spacial score (nSPS) is 15.8. The van der Waals surface area contributed by atoms with Crippen LogP contribution in [-0.4, -0.2) is 18.1 Å². The fourth-order valence-electron chi connectivity index (χ4n) is 3.38. The highest BCUT2D eigenvalue weighted by molar-refractivity contribution is 5.47. The van der Waals surface area contributed by atoms with Gasteiger partial charge in [0.05, 0.1) is 0 Å². The number of pyridine rings is 1. The number of nitrogens with zero attached hydrogens (tertiary/aromatic N) is 2. The summed E-state index contributed by atoms with van der Waals surface area (Å²) in [7, 11) is 0. The van der Waals surface area contributed by atoms with Crippen LogP contribution in [0.1, 0.15) is 49.8 Å². The molecule has 0 saturated carbocycles. The van der Waals surface area contributed by atoms with E-state index in [1.165, 1.54) is 36.2 Å². The number of benzene rings is 1. The Morgan fingerprint density at radius 1 is 1.09 bits per heavy atom. The minimum Gasteiger partial charge on any atom is -0.356 e. The van der Waals surface area contributed by atoms with Crippen LogP contribution in [0.4, 0.5) is 5.82 Å². The molecule has 1 N–H and O–H groups in total. The molecule has 0 radical (unpaired) electrons. The van der Waals surface area contributed by atoms with E-state index < -0.39 is 0 Å². The van der Waals surface area contributed by atoms with Crippen LogP contribution >= 0.6 is 0 Å². The number of hydrogen-bond acceptors (Lipinski definition) is 3. The van der Waals surface area contributed by atoms with Crippen molar-refractivity contribution < 1.29 is 0 Å². The van der Waals surface area contributed by atoms with Crippen LogP contribution < -0.4 is 10.2 Å². The third-order valence-electron chi connectivity index (χ3n) is 4.59. The molecule has 3 nitrogen and oxygen atoms in total. The summed E-state index contributed by atoms with van der Waals surface area (Å²) in [6, 6.07) is 15.4. The van der Waals surface area contributed by atoms with Gasteiger partial charge in [-0.25, -0.2) is 4.98 Å². The molecule has 1 aliphatic heterocycles. The molecule has 0 amide bonds. The van der Waals surface area contributed by atoms with E-state index in [2.05, 4.69) is 58.5 Å². The Bertz CT molecular complexity index is 591. The van der Waals surface area contributed by atoms with E-state index >= 15 is 0 Å². The van der Waals surface area contributed by atoms with Crippen LogP contribution in [0.2, 0.25) is 0 Å². The molecule has 3 heteroatoms. The Morgan fingerprint density at radius 3 is 2.61 bits per heavy atom. The second-order valence-corrected chi connectivity index (χ2v) is 6.31. The molecule has 0 spiro atoms. The van der Waals surface area contributed by atoms with Gasteiger partial charge in [-0.15, -0.1) is 0 Å². The third-order valence-corrected chi connectivity index (χ3v) is 4.59. The molecule has 1 aromatic carbocycles. The minimum atomic E-state index is 0.410. The van der Waals surface area contributed by atoms with Crippen LogP contribution in [0.15, 0.2) is 48.7 Å². The Morgan fingerprint density at radius 2 is 1.87 bits per heavy atom. The summed E-state index contributed by atoms with van der Waals surface area (Å²) in [5, 5.41) is 3.75. The summed E-state index contributed by atoms with van der Waals surface area (Å²) in [4.78, 5) is 7.07. The van der Waals surface area contributed by atoms with Crippen molar-refractivity contribution in [2.24, 2.45) is 0 Å². The Kier molecular flexibility index (Phi) is 5.65. The van der Waals surface area contributed by atoms with Gasteiger partial charge in [-0.05, 0) is 30.9 Å². The predicted molar refractivity (Wildman–Crippen MR) is 96.6 cm³/mol. The maximum absolute atomic E-state index is 4.64. The number of rotatable bonds is 7. The van der Waals surface area contributed by atoms with E-state index in [0.717, 1.165) is 26.1 Å². The lowest BCUT2D eigenvalue weighted by molar-refractivity contribution is 0.493. The van der Waals surface area contributed by atoms with Crippen molar-refractivity contribution in [3.05, 3.63) is 59.8 Å². The Balaban J connectivity index is 1.71. The van der Waals surface area contributed by atoms with E-state index in [1.807, 2.05) is 12.3 Å². The fourth-order valence-corrected chi connectivity index (χ4v) is 3.38. The molecule has 23 heavy (non-hydrogen) atoms. The highest BCUT2D eigenvalue weighted by Crippen LogP contribution is 2.24. The second-order valence-electron chi connectivity index (χ2n) is 6.31. The molecule has 1 aliphatic rings. The quantitative estimate of drug-likeness (QED) is 0.826. The molecule has 1 unspecified atom stereocenters. The second kappa shape index (κ2) is 8.11. The topological polar surface area (TPSA) is 28.2 Å². The first kappa shape index (κ1) is 16.0. The van der Waals surface area contributed by atoms with Crippen molar-refractivity contribution in [1.29, 1.82) is 0 Å². The molecule has 0 bridgehead atoms. The molecule has 3 rings (SSSR count).